The number of anilines is 1. The molecule has 0 spiro atoms. The standard InChI is InChI=1S/C24H33ClN4O2/c1-24(2,30)17-4-6-18(7-5-17)28-22-14-23(25)27-16-20(22)21-9-8-19(15-26-21)31-13-12-29-10-3-11-29/h8-9,14-18,30H,3-7,10-13H2,1-2H3,(H,27,28). The largest absolute Gasteiger partial charge is 0.491 e. The van der Waals surface area contributed by atoms with Crippen LogP contribution in [0.4, 0.5) is 5.69 Å². The highest BCUT2D eigenvalue weighted by atomic mass is 35.5. The molecule has 0 atom stereocenters. The minimum Gasteiger partial charge on any atom is -0.491 e. The quantitative estimate of drug-likeness (QED) is 0.579. The van der Waals surface area contributed by atoms with Crippen molar-refractivity contribution in [2.75, 3.05) is 31.6 Å². The van der Waals surface area contributed by atoms with Crippen LogP contribution in [0.2, 0.25) is 5.15 Å². The van der Waals surface area contributed by atoms with Crippen LogP contribution in [0.25, 0.3) is 11.3 Å². The predicted octanol–water partition coefficient (Wildman–Crippen LogP) is 4.62. The number of aromatic nitrogens is 2. The van der Waals surface area contributed by atoms with Crippen molar-refractivity contribution in [3.8, 4) is 17.0 Å². The van der Waals surface area contributed by atoms with Gasteiger partial charge < -0.3 is 15.2 Å². The van der Waals surface area contributed by atoms with E-state index in [1.165, 1.54) is 19.5 Å². The molecule has 0 bridgehead atoms. The number of pyridine rings is 2. The first-order valence-corrected chi connectivity index (χ1v) is 11.7. The van der Waals surface area contributed by atoms with Gasteiger partial charge in [-0.05, 0) is 83.2 Å². The second kappa shape index (κ2) is 9.72. The summed E-state index contributed by atoms with van der Waals surface area (Å²) < 4.78 is 5.83. The lowest BCUT2D eigenvalue weighted by molar-refractivity contribution is -0.000389. The van der Waals surface area contributed by atoms with Crippen LogP contribution in [0, 0.1) is 5.92 Å². The Balaban J connectivity index is 1.39. The first kappa shape index (κ1) is 22.3. The topological polar surface area (TPSA) is 70.5 Å². The lowest BCUT2D eigenvalue weighted by Crippen LogP contribution is -2.39. The number of ether oxygens (including phenoxy) is 1. The summed E-state index contributed by atoms with van der Waals surface area (Å²) in [6.07, 6.45) is 8.91. The van der Waals surface area contributed by atoms with Gasteiger partial charge >= 0.3 is 0 Å². The van der Waals surface area contributed by atoms with Gasteiger partial charge in [0, 0.05) is 30.0 Å². The second-order valence-electron chi connectivity index (χ2n) is 9.32. The fraction of sp³-hybridized carbons (Fsp3) is 0.583. The Morgan fingerprint density at radius 2 is 1.94 bits per heavy atom. The Hall–Kier alpha value is -1.89. The molecule has 7 heteroatoms. The summed E-state index contributed by atoms with van der Waals surface area (Å²) in [5.74, 6) is 1.13. The van der Waals surface area contributed by atoms with Crippen molar-refractivity contribution in [1.82, 2.24) is 14.9 Å². The predicted molar refractivity (Wildman–Crippen MR) is 125 cm³/mol. The van der Waals surface area contributed by atoms with Gasteiger partial charge in [-0.2, -0.15) is 0 Å². The fourth-order valence-electron chi connectivity index (χ4n) is 4.44. The zero-order chi connectivity index (χ0) is 21.8. The molecule has 4 rings (SSSR count). The van der Waals surface area contributed by atoms with Crippen molar-refractivity contribution in [2.45, 2.75) is 57.6 Å². The van der Waals surface area contributed by atoms with E-state index in [-0.39, 0.29) is 0 Å². The summed E-state index contributed by atoms with van der Waals surface area (Å²) in [5.41, 5.74) is 2.11. The van der Waals surface area contributed by atoms with Crippen molar-refractivity contribution in [2.24, 2.45) is 5.92 Å². The van der Waals surface area contributed by atoms with Gasteiger partial charge in [-0.3, -0.25) is 9.88 Å². The third-order valence-corrected chi connectivity index (χ3v) is 6.80. The van der Waals surface area contributed by atoms with E-state index in [1.807, 2.05) is 32.0 Å². The SMILES string of the molecule is CC(C)(O)C1CCC(Nc2cc(Cl)ncc2-c2ccc(OCCN3CCC3)cn2)CC1. The smallest absolute Gasteiger partial charge is 0.137 e. The Labute approximate surface area is 190 Å². The summed E-state index contributed by atoms with van der Waals surface area (Å²) in [7, 11) is 0. The van der Waals surface area contributed by atoms with Gasteiger partial charge in [0.15, 0.2) is 0 Å². The summed E-state index contributed by atoms with van der Waals surface area (Å²) in [6.45, 7) is 7.83. The Morgan fingerprint density at radius 1 is 1.16 bits per heavy atom. The highest BCUT2D eigenvalue weighted by Gasteiger charge is 2.31. The van der Waals surface area contributed by atoms with Gasteiger partial charge in [0.05, 0.1) is 17.5 Å². The molecule has 2 aromatic rings. The number of nitrogens with zero attached hydrogens (tertiary/aromatic N) is 3. The lowest BCUT2D eigenvalue weighted by Gasteiger charge is -2.36. The van der Waals surface area contributed by atoms with Gasteiger partial charge in [-0.15, -0.1) is 0 Å². The molecule has 2 aromatic heterocycles. The number of rotatable bonds is 8. The number of nitrogens with one attached hydrogen (secondary N) is 1. The van der Waals surface area contributed by atoms with Crippen molar-refractivity contribution in [1.29, 1.82) is 0 Å². The van der Waals surface area contributed by atoms with Crippen molar-refractivity contribution in [3.05, 3.63) is 35.7 Å². The summed E-state index contributed by atoms with van der Waals surface area (Å²) in [6, 6.07) is 6.16. The number of halogens is 1. The Morgan fingerprint density at radius 3 is 2.55 bits per heavy atom. The van der Waals surface area contributed by atoms with Crippen LogP contribution in [0.15, 0.2) is 30.6 Å². The van der Waals surface area contributed by atoms with Crippen LogP contribution in [0.5, 0.6) is 5.75 Å². The van der Waals surface area contributed by atoms with Crippen LogP contribution in [0.1, 0.15) is 46.0 Å². The van der Waals surface area contributed by atoms with Gasteiger partial charge in [-0.25, -0.2) is 4.98 Å². The molecule has 0 aromatic carbocycles. The van der Waals surface area contributed by atoms with Gasteiger partial charge in [0.25, 0.3) is 0 Å². The van der Waals surface area contributed by atoms with Crippen LogP contribution in [-0.4, -0.2) is 57.9 Å². The maximum atomic E-state index is 10.3. The van der Waals surface area contributed by atoms with Gasteiger partial charge in [-0.1, -0.05) is 11.6 Å². The number of hydrogen-bond donors (Lipinski definition) is 2. The van der Waals surface area contributed by atoms with E-state index >= 15 is 0 Å². The first-order chi connectivity index (χ1) is 14.9. The van der Waals surface area contributed by atoms with Crippen LogP contribution >= 0.6 is 11.6 Å². The molecular formula is C24H33ClN4O2. The number of hydrogen-bond acceptors (Lipinski definition) is 6. The van der Waals surface area contributed by atoms with E-state index in [0.29, 0.717) is 23.7 Å². The molecule has 2 aliphatic rings. The molecule has 31 heavy (non-hydrogen) atoms. The molecular weight excluding hydrogens is 412 g/mol. The maximum absolute atomic E-state index is 10.3. The lowest BCUT2D eigenvalue weighted by atomic mass is 9.77. The average molecular weight is 445 g/mol. The third kappa shape index (κ3) is 5.88. The molecule has 3 heterocycles. The molecule has 1 aliphatic heterocycles. The first-order valence-electron chi connectivity index (χ1n) is 11.3. The van der Waals surface area contributed by atoms with E-state index in [0.717, 1.165) is 54.9 Å². The fourth-order valence-corrected chi connectivity index (χ4v) is 4.60. The third-order valence-electron chi connectivity index (χ3n) is 6.59. The zero-order valence-electron chi connectivity index (χ0n) is 18.5. The average Bonchev–Trinajstić information content (AvgIpc) is 2.70. The monoisotopic (exact) mass is 444 g/mol. The highest BCUT2D eigenvalue weighted by molar-refractivity contribution is 6.29. The number of likely N-dealkylation sites (tertiary alicyclic amines) is 1. The van der Waals surface area contributed by atoms with E-state index in [2.05, 4.69) is 20.2 Å². The minimum atomic E-state index is -0.612. The second-order valence-corrected chi connectivity index (χ2v) is 9.71. The molecule has 0 amide bonds. The summed E-state index contributed by atoms with van der Waals surface area (Å²) in [4.78, 5) is 11.3. The van der Waals surface area contributed by atoms with E-state index in [9.17, 15) is 5.11 Å². The Kier molecular flexibility index (Phi) is 6.99. The molecule has 6 nitrogen and oxygen atoms in total. The van der Waals surface area contributed by atoms with Crippen molar-refractivity contribution < 1.29 is 9.84 Å². The molecule has 168 valence electrons. The molecule has 1 saturated heterocycles. The van der Waals surface area contributed by atoms with E-state index in [1.54, 1.807) is 12.4 Å². The van der Waals surface area contributed by atoms with Gasteiger partial charge in [0.2, 0.25) is 0 Å². The zero-order valence-corrected chi connectivity index (χ0v) is 19.2. The van der Waals surface area contributed by atoms with E-state index in [4.69, 9.17) is 16.3 Å². The summed E-state index contributed by atoms with van der Waals surface area (Å²) in [5, 5.41) is 14.4. The molecule has 1 aliphatic carbocycles. The van der Waals surface area contributed by atoms with E-state index < -0.39 is 5.60 Å². The van der Waals surface area contributed by atoms with Crippen LogP contribution < -0.4 is 10.1 Å². The van der Waals surface area contributed by atoms with Crippen LogP contribution in [0.3, 0.4) is 0 Å². The van der Waals surface area contributed by atoms with Crippen molar-refractivity contribution in [3.63, 3.8) is 0 Å². The molecule has 2 N–H and O–H groups in total. The Bertz CT molecular complexity index is 857. The maximum Gasteiger partial charge on any atom is 0.137 e. The normalized spacial score (nSPS) is 22.1. The molecule has 1 saturated carbocycles. The van der Waals surface area contributed by atoms with Crippen LogP contribution in [-0.2, 0) is 0 Å². The molecule has 0 radical (unpaired) electrons. The number of aliphatic hydroxyl groups is 1. The minimum absolute atomic E-state index is 0.347. The summed E-state index contributed by atoms with van der Waals surface area (Å²) >= 11 is 6.20. The molecule has 2 fully saturated rings. The van der Waals surface area contributed by atoms with Crippen molar-refractivity contribution >= 4 is 17.3 Å². The molecule has 0 unspecified atom stereocenters. The highest BCUT2D eigenvalue weighted by Crippen LogP contribution is 2.36. The van der Waals surface area contributed by atoms with Gasteiger partial charge in [0.1, 0.15) is 17.5 Å².